The Morgan fingerprint density at radius 1 is 1.33 bits per heavy atom. The standard InChI is InChI=1S/C17H21ClN4O2/c1-17(2,3)24-16(23)22-6-4-5-11(9-22)13-7-12-14(8-19-13)20-10-21-15(12)18/h7-8,10-11H,4-6,9H2,1-3H3. The summed E-state index contributed by atoms with van der Waals surface area (Å²) >= 11 is 6.16. The van der Waals surface area contributed by atoms with Crippen LogP contribution >= 0.6 is 11.6 Å². The fourth-order valence-corrected chi connectivity index (χ4v) is 3.07. The molecular formula is C17H21ClN4O2. The third kappa shape index (κ3) is 3.75. The molecule has 1 aliphatic rings. The molecule has 0 spiro atoms. The minimum atomic E-state index is -0.490. The van der Waals surface area contributed by atoms with E-state index in [1.807, 2.05) is 26.8 Å². The van der Waals surface area contributed by atoms with E-state index in [0.717, 1.165) is 29.4 Å². The van der Waals surface area contributed by atoms with Gasteiger partial charge in [0.05, 0.1) is 11.7 Å². The van der Waals surface area contributed by atoms with Gasteiger partial charge >= 0.3 is 6.09 Å². The molecule has 0 radical (unpaired) electrons. The van der Waals surface area contributed by atoms with Gasteiger partial charge in [-0.05, 0) is 39.7 Å². The molecule has 0 aromatic carbocycles. The average Bonchev–Trinajstić information content (AvgIpc) is 2.53. The van der Waals surface area contributed by atoms with Crippen molar-refractivity contribution in [3.63, 3.8) is 0 Å². The quantitative estimate of drug-likeness (QED) is 0.733. The van der Waals surface area contributed by atoms with Crippen LogP contribution in [0.4, 0.5) is 4.79 Å². The molecule has 2 aromatic heterocycles. The Bertz CT molecular complexity index is 760. The molecule has 1 unspecified atom stereocenters. The number of halogens is 1. The smallest absolute Gasteiger partial charge is 0.410 e. The fraction of sp³-hybridized carbons (Fsp3) is 0.529. The Labute approximate surface area is 146 Å². The van der Waals surface area contributed by atoms with E-state index >= 15 is 0 Å². The van der Waals surface area contributed by atoms with E-state index in [4.69, 9.17) is 16.3 Å². The SMILES string of the molecule is CC(C)(C)OC(=O)N1CCCC(c2cc3c(Cl)ncnc3cn2)C1. The lowest BCUT2D eigenvalue weighted by atomic mass is 9.94. The highest BCUT2D eigenvalue weighted by atomic mass is 35.5. The van der Waals surface area contributed by atoms with Gasteiger partial charge in [-0.25, -0.2) is 14.8 Å². The van der Waals surface area contributed by atoms with Gasteiger partial charge in [-0.3, -0.25) is 4.98 Å². The number of amides is 1. The largest absolute Gasteiger partial charge is 0.444 e. The highest BCUT2D eigenvalue weighted by molar-refractivity contribution is 6.33. The lowest BCUT2D eigenvalue weighted by Gasteiger charge is -2.34. The molecule has 128 valence electrons. The van der Waals surface area contributed by atoms with E-state index in [0.29, 0.717) is 18.2 Å². The van der Waals surface area contributed by atoms with Crippen molar-refractivity contribution >= 4 is 28.6 Å². The van der Waals surface area contributed by atoms with E-state index < -0.39 is 5.60 Å². The Balaban J connectivity index is 1.80. The molecule has 0 saturated carbocycles. The van der Waals surface area contributed by atoms with Gasteiger partial charge < -0.3 is 9.64 Å². The van der Waals surface area contributed by atoms with E-state index in [2.05, 4.69) is 15.0 Å². The zero-order valence-corrected chi connectivity index (χ0v) is 14.9. The zero-order chi connectivity index (χ0) is 17.3. The molecule has 0 N–H and O–H groups in total. The van der Waals surface area contributed by atoms with Crippen LogP contribution in [0.5, 0.6) is 0 Å². The Morgan fingerprint density at radius 2 is 2.12 bits per heavy atom. The summed E-state index contributed by atoms with van der Waals surface area (Å²) in [5.74, 6) is 0.159. The number of likely N-dealkylation sites (tertiary alicyclic amines) is 1. The normalized spacial score (nSPS) is 18.7. The molecule has 3 rings (SSSR count). The monoisotopic (exact) mass is 348 g/mol. The van der Waals surface area contributed by atoms with Crippen LogP contribution < -0.4 is 0 Å². The number of hydrogen-bond donors (Lipinski definition) is 0. The Kier molecular flexibility index (Phi) is 4.58. The number of carbonyl (C=O) groups is 1. The highest BCUT2D eigenvalue weighted by Gasteiger charge is 2.29. The second kappa shape index (κ2) is 6.51. The van der Waals surface area contributed by atoms with Crippen molar-refractivity contribution in [2.45, 2.75) is 45.1 Å². The maximum atomic E-state index is 12.3. The van der Waals surface area contributed by atoms with Gasteiger partial charge in [0.2, 0.25) is 0 Å². The molecule has 1 fully saturated rings. The summed E-state index contributed by atoms with van der Waals surface area (Å²) in [4.78, 5) is 26.8. The maximum Gasteiger partial charge on any atom is 0.410 e. The summed E-state index contributed by atoms with van der Waals surface area (Å²) in [6.45, 7) is 6.93. The van der Waals surface area contributed by atoms with E-state index in [9.17, 15) is 4.79 Å². The summed E-state index contributed by atoms with van der Waals surface area (Å²) in [5.41, 5.74) is 1.14. The summed E-state index contributed by atoms with van der Waals surface area (Å²) < 4.78 is 5.48. The van der Waals surface area contributed by atoms with Crippen molar-refractivity contribution in [1.82, 2.24) is 19.9 Å². The highest BCUT2D eigenvalue weighted by Crippen LogP contribution is 2.29. The first-order chi connectivity index (χ1) is 11.3. The number of hydrogen-bond acceptors (Lipinski definition) is 5. The van der Waals surface area contributed by atoms with Gasteiger partial charge in [0.1, 0.15) is 17.1 Å². The predicted molar refractivity (Wildman–Crippen MR) is 92.1 cm³/mol. The first kappa shape index (κ1) is 16.9. The van der Waals surface area contributed by atoms with Gasteiger partial charge in [0.25, 0.3) is 0 Å². The Morgan fingerprint density at radius 3 is 2.88 bits per heavy atom. The van der Waals surface area contributed by atoms with E-state index in [1.165, 1.54) is 6.33 Å². The lowest BCUT2D eigenvalue weighted by Crippen LogP contribution is -2.42. The molecule has 2 aromatic rings. The van der Waals surface area contributed by atoms with Crippen molar-refractivity contribution in [2.75, 3.05) is 13.1 Å². The van der Waals surface area contributed by atoms with Gasteiger partial charge in [-0.2, -0.15) is 0 Å². The number of pyridine rings is 1. The number of ether oxygens (including phenoxy) is 1. The summed E-state index contributed by atoms with van der Waals surface area (Å²) in [6.07, 6.45) is 4.77. The van der Waals surface area contributed by atoms with E-state index in [1.54, 1.807) is 11.1 Å². The third-order valence-corrected chi connectivity index (χ3v) is 4.29. The molecule has 1 amide bonds. The van der Waals surface area contributed by atoms with Gasteiger partial charge in [0, 0.05) is 30.1 Å². The van der Waals surface area contributed by atoms with Gasteiger partial charge in [-0.1, -0.05) is 11.6 Å². The average molecular weight is 349 g/mol. The van der Waals surface area contributed by atoms with Crippen molar-refractivity contribution in [1.29, 1.82) is 0 Å². The van der Waals surface area contributed by atoms with Crippen LogP contribution in [0.3, 0.4) is 0 Å². The van der Waals surface area contributed by atoms with Crippen LogP contribution in [0, 0.1) is 0 Å². The minimum absolute atomic E-state index is 0.159. The fourth-order valence-electron chi connectivity index (χ4n) is 2.88. The molecule has 0 bridgehead atoms. The van der Waals surface area contributed by atoms with Crippen LogP contribution in [-0.2, 0) is 4.74 Å². The molecule has 1 atom stereocenters. The van der Waals surface area contributed by atoms with Crippen molar-refractivity contribution in [3.05, 3.63) is 29.4 Å². The Hall–Kier alpha value is -1.95. The molecule has 7 heteroatoms. The summed E-state index contributed by atoms with van der Waals surface area (Å²) in [7, 11) is 0. The number of aromatic nitrogens is 3. The molecule has 1 saturated heterocycles. The molecule has 6 nitrogen and oxygen atoms in total. The van der Waals surface area contributed by atoms with Crippen LogP contribution in [0.2, 0.25) is 5.15 Å². The van der Waals surface area contributed by atoms with Crippen LogP contribution in [0.15, 0.2) is 18.6 Å². The third-order valence-electron chi connectivity index (χ3n) is 3.99. The van der Waals surface area contributed by atoms with Gasteiger partial charge in [-0.15, -0.1) is 0 Å². The number of carbonyl (C=O) groups excluding carboxylic acids is 1. The van der Waals surface area contributed by atoms with Crippen molar-refractivity contribution < 1.29 is 9.53 Å². The topological polar surface area (TPSA) is 68.2 Å². The molecule has 24 heavy (non-hydrogen) atoms. The maximum absolute atomic E-state index is 12.3. The van der Waals surface area contributed by atoms with Crippen LogP contribution in [0.1, 0.15) is 45.2 Å². The molecule has 0 aliphatic carbocycles. The first-order valence-corrected chi connectivity index (χ1v) is 8.45. The van der Waals surface area contributed by atoms with Crippen molar-refractivity contribution in [3.8, 4) is 0 Å². The summed E-state index contributed by atoms with van der Waals surface area (Å²) in [5, 5.41) is 1.21. The molecule has 1 aliphatic heterocycles. The van der Waals surface area contributed by atoms with Crippen LogP contribution in [-0.4, -0.2) is 44.6 Å². The zero-order valence-electron chi connectivity index (χ0n) is 14.1. The number of piperidine rings is 1. The molecule has 3 heterocycles. The second-order valence-corrected chi connectivity index (χ2v) is 7.41. The van der Waals surface area contributed by atoms with Crippen molar-refractivity contribution in [2.24, 2.45) is 0 Å². The molecular weight excluding hydrogens is 328 g/mol. The number of rotatable bonds is 1. The second-order valence-electron chi connectivity index (χ2n) is 7.06. The number of nitrogens with zero attached hydrogens (tertiary/aromatic N) is 4. The number of fused-ring (bicyclic) bond motifs is 1. The van der Waals surface area contributed by atoms with Gasteiger partial charge in [0.15, 0.2) is 0 Å². The first-order valence-electron chi connectivity index (χ1n) is 8.07. The van der Waals surface area contributed by atoms with Crippen LogP contribution in [0.25, 0.3) is 10.9 Å². The minimum Gasteiger partial charge on any atom is -0.444 e. The van der Waals surface area contributed by atoms with E-state index in [-0.39, 0.29) is 12.0 Å². The lowest BCUT2D eigenvalue weighted by molar-refractivity contribution is 0.0197. The summed E-state index contributed by atoms with van der Waals surface area (Å²) in [6, 6.07) is 1.93. The predicted octanol–water partition coefficient (Wildman–Crippen LogP) is 3.79.